The minimum Gasteiger partial charge on any atom is -0.388 e. The average molecular weight is 239 g/mol. The van der Waals surface area contributed by atoms with Gasteiger partial charge in [0, 0.05) is 39.1 Å². The monoisotopic (exact) mass is 239 g/mol. The van der Waals surface area contributed by atoms with E-state index in [2.05, 4.69) is 15.3 Å². The minimum absolute atomic E-state index is 0.157. The second-order valence-electron chi connectivity index (χ2n) is 4.05. The number of hydrogen-bond acceptors (Lipinski definition) is 5. The molecule has 6 heteroatoms. The minimum atomic E-state index is -0.985. The zero-order chi connectivity index (χ0) is 12.7. The molecule has 1 amide bonds. The van der Waals surface area contributed by atoms with Crippen molar-refractivity contribution in [3.63, 3.8) is 0 Å². The average Bonchev–Trinajstić information content (AvgIpc) is 2.35. The van der Waals surface area contributed by atoms with Crippen LogP contribution in [0.1, 0.15) is 23.7 Å². The van der Waals surface area contributed by atoms with Gasteiger partial charge >= 0.3 is 0 Å². The van der Waals surface area contributed by atoms with E-state index >= 15 is 0 Å². The number of hydrogen-bond donors (Lipinski definition) is 2. The van der Waals surface area contributed by atoms with E-state index < -0.39 is 5.60 Å². The molecular formula is C11H17N3O3. The van der Waals surface area contributed by atoms with Crippen molar-refractivity contribution in [1.82, 2.24) is 15.3 Å². The molecule has 2 N–H and O–H groups in total. The molecule has 17 heavy (non-hydrogen) atoms. The first-order valence-electron chi connectivity index (χ1n) is 5.30. The van der Waals surface area contributed by atoms with Crippen molar-refractivity contribution >= 4 is 5.91 Å². The summed E-state index contributed by atoms with van der Waals surface area (Å²) in [5.74, 6) is -0.303. The Morgan fingerprint density at radius 2 is 2.18 bits per heavy atom. The van der Waals surface area contributed by atoms with Crippen LogP contribution in [-0.2, 0) is 4.74 Å². The van der Waals surface area contributed by atoms with Gasteiger partial charge < -0.3 is 15.2 Å². The van der Waals surface area contributed by atoms with Crippen molar-refractivity contribution in [3.05, 3.63) is 24.3 Å². The first-order valence-corrected chi connectivity index (χ1v) is 5.30. The predicted molar refractivity (Wildman–Crippen MR) is 61.5 cm³/mol. The number of methoxy groups -OCH3 is 1. The largest absolute Gasteiger partial charge is 0.388 e. The van der Waals surface area contributed by atoms with Crippen molar-refractivity contribution in [2.24, 2.45) is 0 Å². The molecule has 94 valence electrons. The molecule has 0 saturated heterocycles. The molecule has 0 spiro atoms. The molecule has 0 aliphatic heterocycles. The highest BCUT2D eigenvalue weighted by Crippen LogP contribution is 2.07. The summed E-state index contributed by atoms with van der Waals surface area (Å²) in [7, 11) is 1.57. The van der Waals surface area contributed by atoms with Gasteiger partial charge in [-0.25, -0.2) is 9.97 Å². The highest BCUT2D eigenvalue weighted by Gasteiger charge is 2.21. The van der Waals surface area contributed by atoms with Gasteiger partial charge in [0.2, 0.25) is 0 Å². The van der Waals surface area contributed by atoms with Crippen LogP contribution >= 0.6 is 0 Å². The topological polar surface area (TPSA) is 84.3 Å². The normalized spacial score (nSPS) is 14.1. The zero-order valence-electron chi connectivity index (χ0n) is 10.0. The second kappa shape index (κ2) is 6.27. The lowest BCUT2D eigenvalue weighted by Gasteiger charge is -2.23. The van der Waals surface area contributed by atoms with Gasteiger partial charge in [-0.1, -0.05) is 0 Å². The summed E-state index contributed by atoms with van der Waals surface area (Å²) in [6, 6.07) is 0. The maximum absolute atomic E-state index is 11.6. The highest BCUT2D eigenvalue weighted by atomic mass is 16.5. The molecule has 1 atom stereocenters. The third kappa shape index (κ3) is 4.88. The van der Waals surface area contributed by atoms with Gasteiger partial charge in [0.25, 0.3) is 5.91 Å². The summed E-state index contributed by atoms with van der Waals surface area (Å²) in [4.78, 5) is 19.1. The van der Waals surface area contributed by atoms with Gasteiger partial charge in [0.15, 0.2) is 0 Å². The molecule has 6 nitrogen and oxygen atoms in total. The smallest absolute Gasteiger partial charge is 0.254 e. The maximum Gasteiger partial charge on any atom is 0.254 e. The summed E-state index contributed by atoms with van der Waals surface area (Å²) in [5.41, 5.74) is -0.614. The van der Waals surface area contributed by atoms with E-state index in [9.17, 15) is 9.90 Å². The predicted octanol–water partition coefficient (Wildman–Crippen LogP) is -0.00610. The highest BCUT2D eigenvalue weighted by molar-refractivity contribution is 5.93. The summed E-state index contributed by atoms with van der Waals surface area (Å²) < 4.78 is 4.88. The SMILES string of the molecule is COCCC(C)(O)CNC(=O)c1cncnc1. The molecule has 1 unspecified atom stereocenters. The van der Waals surface area contributed by atoms with E-state index in [4.69, 9.17) is 4.74 Å². The molecule has 0 bridgehead atoms. The number of aromatic nitrogens is 2. The molecule has 0 aromatic carbocycles. The molecule has 0 saturated carbocycles. The zero-order valence-corrected chi connectivity index (χ0v) is 10.0. The second-order valence-corrected chi connectivity index (χ2v) is 4.05. The van der Waals surface area contributed by atoms with Crippen LogP contribution in [-0.4, -0.2) is 46.8 Å². The molecule has 1 aromatic heterocycles. The van der Waals surface area contributed by atoms with Gasteiger partial charge in [0.1, 0.15) is 6.33 Å². The molecule has 0 fully saturated rings. The first kappa shape index (κ1) is 13.5. The van der Waals surface area contributed by atoms with E-state index in [1.807, 2.05) is 0 Å². The maximum atomic E-state index is 11.6. The van der Waals surface area contributed by atoms with Crippen molar-refractivity contribution < 1.29 is 14.6 Å². The molecule has 0 aliphatic carbocycles. The Morgan fingerprint density at radius 1 is 1.53 bits per heavy atom. The van der Waals surface area contributed by atoms with E-state index in [1.165, 1.54) is 18.7 Å². The van der Waals surface area contributed by atoms with Crippen molar-refractivity contribution in [1.29, 1.82) is 0 Å². The summed E-state index contributed by atoms with van der Waals surface area (Å²) in [6.07, 6.45) is 4.65. The van der Waals surface area contributed by atoms with Crippen LogP contribution in [0.15, 0.2) is 18.7 Å². The Morgan fingerprint density at radius 3 is 2.76 bits per heavy atom. The fourth-order valence-corrected chi connectivity index (χ4v) is 1.20. The molecular weight excluding hydrogens is 222 g/mol. The van der Waals surface area contributed by atoms with Crippen molar-refractivity contribution in [2.45, 2.75) is 18.9 Å². The van der Waals surface area contributed by atoms with Crippen LogP contribution < -0.4 is 5.32 Å². The van der Waals surface area contributed by atoms with E-state index in [0.29, 0.717) is 18.6 Å². The van der Waals surface area contributed by atoms with Gasteiger partial charge in [-0.3, -0.25) is 4.79 Å². The van der Waals surface area contributed by atoms with Gasteiger partial charge in [-0.05, 0) is 6.92 Å². The molecule has 0 radical (unpaired) electrons. The Bertz CT molecular complexity index is 354. The number of ether oxygens (including phenoxy) is 1. The lowest BCUT2D eigenvalue weighted by atomic mass is 10.0. The van der Waals surface area contributed by atoms with Crippen molar-refractivity contribution in [2.75, 3.05) is 20.3 Å². The van der Waals surface area contributed by atoms with Gasteiger partial charge in [-0.2, -0.15) is 0 Å². The molecule has 1 aromatic rings. The fourth-order valence-electron chi connectivity index (χ4n) is 1.20. The van der Waals surface area contributed by atoms with Crippen LogP contribution in [0.3, 0.4) is 0 Å². The number of nitrogens with one attached hydrogen (secondary N) is 1. The lowest BCUT2D eigenvalue weighted by molar-refractivity contribution is 0.0243. The number of nitrogens with zero attached hydrogens (tertiary/aromatic N) is 2. The summed E-state index contributed by atoms with van der Waals surface area (Å²) in [5, 5.41) is 12.5. The summed E-state index contributed by atoms with van der Waals surface area (Å²) in [6.45, 7) is 2.25. The third-order valence-electron chi connectivity index (χ3n) is 2.30. The van der Waals surface area contributed by atoms with Crippen LogP contribution in [0, 0.1) is 0 Å². The quantitative estimate of drug-likeness (QED) is 0.729. The lowest BCUT2D eigenvalue weighted by Crippen LogP contribution is -2.41. The molecule has 1 heterocycles. The number of carbonyl (C=O) groups is 1. The Labute approximate surface area is 100 Å². The third-order valence-corrected chi connectivity index (χ3v) is 2.30. The number of amides is 1. The number of rotatable bonds is 6. The van der Waals surface area contributed by atoms with Crippen LogP contribution in [0.2, 0.25) is 0 Å². The van der Waals surface area contributed by atoms with Crippen LogP contribution in [0.25, 0.3) is 0 Å². The van der Waals surface area contributed by atoms with Gasteiger partial charge in [0.05, 0.1) is 11.2 Å². The van der Waals surface area contributed by atoms with Crippen LogP contribution in [0.5, 0.6) is 0 Å². The van der Waals surface area contributed by atoms with Gasteiger partial charge in [-0.15, -0.1) is 0 Å². The van der Waals surface area contributed by atoms with Crippen LogP contribution in [0.4, 0.5) is 0 Å². The van der Waals surface area contributed by atoms with E-state index in [0.717, 1.165) is 0 Å². The van der Waals surface area contributed by atoms with Crippen molar-refractivity contribution in [3.8, 4) is 0 Å². The number of aliphatic hydroxyl groups is 1. The Hall–Kier alpha value is -1.53. The number of carbonyl (C=O) groups excluding carboxylic acids is 1. The van der Waals surface area contributed by atoms with E-state index in [-0.39, 0.29) is 12.5 Å². The Balaban J connectivity index is 2.43. The summed E-state index contributed by atoms with van der Waals surface area (Å²) >= 11 is 0. The Kier molecular flexibility index (Phi) is 4.99. The standard InChI is InChI=1S/C11H17N3O3/c1-11(16,3-4-17-2)7-14-10(15)9-5-12-8-13-6-9/h5-6,8,16H,3-4,7H2,1-2H3,(H,14,15). The first-order chi connectivity index (χ1) is 8.05. The van der Waals surface area contributed by atoms with E-state index in [1.54, 1.807) is 14.0 Å². The molecule has 0 aliphatic rings. The fraction of sp³-hybridized carbons (Fsp3) is 0.545. The molecule has 1 rings (SSSR count).